The molecule has 0 N–H and O–H groups in total. The summed E-state index contributed by atoms with van der Waals surface area (Å²) in [6, 6.07) is 5.94. The summed E-state index contributed by atoms with van der Waals surface area (Å²) in [5.74, 6) is -1.36. The Balaban J connectivity index is 1.98. The van der Waals surface area contributed by atoms with Crippen LogP contribution < -0.4 is 0 Å². The van der Waals surface area contributed by atoms with Crippen molar-refractivity contribution in [3.05, 3.63) is 29.8 Å². The van der Waals surface area contributed by atoms with Crippen LogP contribution in [-0.4, -0.2) is 24.5 Å². The minimum Gasteiger partial charge on any atom is -0.273 e. The molecule has 0 fully saturated rings. The van der Waals surface area contributed by atoms with Crippen LogP contribution in [0, 0.1) is 0 Å². The van der Waals surface area contributed by atoms with Crippen molar-refractivity contribution in [1.29, 1.82) is 0 Å². The van der Waals surface area contributed by atoms with E-state index in [9.17, 15) is 18.0 Å². The van der Waals surface area contributed by atoms with Crippen LogP contribution in [0.3, 0.4) is 0 Å². The predicted octanol–water partition coefficient (Wildman–Crippen LogP) is 3.11. The van der Waals surface area contributed by atoms with Gasteiger partial charge in [-0.15, -0.1) is 0 Å². The molecule has 0 saturated carbocycles. The Morgan fingerprint density at radius 1 is 1.05 bits per heavy atom. The second-order valence-electron chi connectivity index (χ2n) is 5.48. The molecular formula is C16H21NO4S. The van der Waals surface area contributed by atoms with Crippen LogP contribution in [0.4, 0.5) is 0 Å². The van der Waals surface area contributed by atoms with Crippen molar-refractivity contribution >= 4 is 21.8 Å². The maximum Gasteiger partial charge on any atom is 0.276 e. The molecule has 0 aromatic heterocycles. The molecule has 0 saturated heterocycles. The summed E-state index contributed by atoms with van der Waals surface area (Å²) >= 11 is 0. The molecular weight excluding hydrogens is 302 g/mol. The molecule has 1 heterocycles. The molecule has 22 heavy (non-hydrogen) atoms. The molecule has 0 bridgehead atoms. The quantitative estimate of drug-likeness (QED) is 0.723. The van der Waals surface area contributed by atoms with Crippen LogP contribution in [0.2, 0.25) is 0 Å². The van der Waals surface area contributed by atoms with Crippen LogP contribution in [0.5, 0.6) is 0 Å². The van der Waals surface area contributed by atoms with E-state index in [0.717, 1.165) is 25.7 Å². The van der Waals surface area contributed by atoms with Gasteiger partial charge in [-0.2, -0.15) is 4.31 Å². The monoisotopic (exact) mass is 323 g/mol. The van der Waals surface area contributed by atoms with Crippen LogP contribution in [-0.2, 0) is 14.8 Å². The Hall–Kier alpha value is -1.69. The summed E-state index contributed by atoms with van der Waals surface area (Å²) in [6.07, 6.45) is 6.04. The van der Waals surface area contributed by atoms with E-state index in [4.69, 9.17) is 0 Å². The molecule has 0 spiro atoms. The molecule has 2 rings (SSSR count). The SMILES string of the molecule is CCCCCCCCC(=O)N1C(=O)c2ccccc2S1(=O)=O. The van der Waals surface area contributed by atoms with Gasteiger partial charge < -0.3 is 0 Å². The second kappa shape index (κ2) is 7.05. The topological polar surface area (TPSA) is 71.5 Å². The van der Waals surface area contributed by atoms with E-state index in [1.807, 2.05) is 0 Å². The number of carbonyl (C=O) groups is 2. The molecule has 2 amide bonds. The highest BCUT2D eigenvalue weighted by Crippen LogP contribution is 2.30. The molecule has 1 aliphatic heterocycles. The predicted molar refractivity (Wildman–Crippen MR) is 82.8 cm³/mol. The summed E-state index contributed by atoms with van der Waals surface area (Å²) in [4.78, 5) is 24.2. The Labute approximate surface area is 131 Å². The first-order chi connectivity index (χ1) is 10.5. The molecule has 1 aromatic carbocycles. The lowest BCUT2D eigenvalue weighted by molar-refractivity contribution is -0.124. The highest BCUT2D eigenvalue weighted by Gasteiger charge is 2.44. The van der Waals surface area contributed by atoms with E-state index in [1.165, 1.54) is 18.6 Å². The molecule has 5 nitrogen and oxygen atoms in total. The van der Waals surface area contributed by atoms with Crippen molar-refractivity contribution in [3.63, 3.8) is 0 Å². The van der Waals surface area contributed by atoms with Gasteiger partial charge in [-0.25, -0.2) is 8.42 Å². The Kier molecular flexibility index (Phi) is 5.34. The van der Waals surface area contributed by atoms with Crippen molar-refractivity contribution in [3.8, 4) is 0 Å². The Bertz CT molecular complexity index is 666. The number of hydrogen-bond donors (Lipinski definition) is 0. The number of nitrogens with zero attached hydrogens (tertiary/aromatic N) is 1. The lowest BCUT2D eigenvalue weighted by Crippen LogP contribution is -2.36. The molecule has 120 valence electrons. The van der Waals surface area contributed by atoms with Gasteiger partial charge in [0.2, 0.25) is 5.91 Å². The van der Waals surface area contributed by atoms with Crippen LogP contribution in [0.15, 0.2) is 29.2 Å². The van der Waals surface area contributed by atoms with Gasteiger partial charge in [-0.3, -0.25) is 9.59 Å². The van der Waals surface area contributed by atoms with Crippen molar-refractivity contribution in [2.45, 2.75) is 56.8 Å². The fourth-order valence-corrected chi connectivity index (χ4v) is 4.15. The van der Waals surface area contributed by atoms with Crippen LogP contribution in [0.1, 0.15) is 62.2 Å². The minimum atomic E-state index is -4.01. The van der Waals surface area contributed by atoms with E-state index < -0.39 is 21.8 Å². The van der Waals surface area contributed by atoms with Crippen molar-refractivity contribution in [2.75, 3.05) is 0 Å². The number of unbranched alkanes of at least 4 members (excludes halogenated alkanes) is 5. The summed E-state index contributed by atoms with van der Waals surface area (Å²) in [7, 11) is -4.01. The average molecular weight is 323 g/mol. The lowest BCUT2D eigenvalue weighted by atomic mass is 10.1. The number of hydrogen-bond acceptors (Lipinski definition) is 4. The number of amides is 2. The van der Waals surface area contributed by atoms with Gasteiger partial charge in [0.15, 0.2) is 0 Å². The van der Waals surface area contributed by atoms with E-state index in [-0.39, 0.29) is 16.9 Å². The number of rotatable bonds is 7. The van der Waals surface area contributed by atoms with E-state index >= 15 is 0 Å². The smallest absolute Gasteiger partial charge is 0.273 e. The Morgan fingerprint density at radius 2 is 1.68 bits per heavy atom. The number of carbonyl (C=O) groups excluding carboxylic acids is 2. The number of sulfonamides is 1. The average Bonchev–Trinajstić information content (AvgIpc) is 2.70. The van der Waals surface area contributed by atoms with Gasteiger partial charge in [-0.05, 0) is 18.6 Å². The molecule has 1 aliphatic rings. The standard InChI is InChI=1S/C16H21NO4S/c1-2-3-4-5-6-7-12-15(18)17-16(19)13-10-8-9-11-14(13)22(17,20)21/h8-11H,2-7,12H2,1H3. The summed E-state index contributed by atoms with van der Waals surface area (Å²) < 4.78 is 25.0. The third-order valence-electron chi connectivity index (χ3n) is 3.79. The van der Waals surface area contributed by atoms with Crippen molar-refractivity contribution in [2.24, 2.45) is 0 Å². The Morgan fingerprint density at radius 3 is 2.36 bits per heavy atom. The zero-order valence-electron chi connectivity index (χ0n) is 12.7. The van der Waals surface area contributed by atoms with Crippen molar-refractivity contribution < 1.29 is 18.0 Å². The third kappa shape index (κ3) is 3.21. The summed E-state index contributed by atoms with van der Waals surface area (Å²) in [6.45, 7) is 2.13. The minimum absolute atomic E-state index is 0.0729. The van der Waals surface area contributed by atoms with Gasteiger partial charge in [0.05, 0.1) is 5.56 Å². The zero-order chi connectivity index (χ0) is 16.2. The fraction of sp³-hybridized carbons (Fsp3) is 0.500. The third-order valence-corrected chi connectivity index (χ3v) is 5.55. The maximum absolute atomic E-state index is 12.3. The number of benzene rings is 1. The fourth-order valence-electron chi connectivity index (χ4n) is 2.59. The van der Waals surface area contributed by atoms with E-state index in [0.29, 0.717) is 10.7 Å². The molecule has 0 atom stereocenters. The first-order valence-corrected chi connectivity index (χ1v) is 9.15. The van der Waals surface area contributed by atoms with E-state index in [1.54, 1.807) is 12.1 Å². The van der Waals surface area contributed by atoms with Crippen LogP contribution in [0.25, 0.3) is 0 Å². The maximum atomic E-state index is 12.3. The highest BCUT2D eigenvalue weighted by atomic mass is 32.2. The van der Waals surface area contributed by atoms with Gasteiger partial charge in [0.1, 0.15) is 4.90 Å². The van der Waals surface area contributed by atoms with Crippen LogP contribution >= 0.6 is 0 Å². The number of imide groups is 1. The molecule has 6 heteroatoms. The molecule has 0 unspecified atom stereocenters. The summed E-state index contributed by atoms with van der Waals surface area (Å²) in [5.41, 5.74) is 0.0822. The van der Waals surface area contributed by atoms with Gasteiger partial charge in [-0.1, -0.05) is 51.2 Å². The van der Waals surface area contributed by atoms with Gasteiger partial charge in [0, 0.05) is 6.42 Å². The van der Waals surface area contributed by atoms with Gasteiger partial charge in [0.25, 0.3) is 15.9 Å². The van der Waals surface area contributed by atoms with Gasteiger partial charge >= 0.3 is 0 Å². The first-order valence-electron chi connectivity index (χ1n) is 7.71. The molecule has 0 aliphatic carbocycles. The van der Waals surface area contributed by atoms with Crippen molar-refractivity contribution in [1.82, 2.24) is 4.31 Å². The second-order valence-corrected chi connectivity index (χ2v) is 7.24. The molecule has 1 aromatic rings. The zero-order valence-corrected chi connectivity index (χ0v) is 13.6. The first kappa shape index (κ1) is 16.7. The van der Waals surface area contributed by atoms with E-state index in [2.05, 4.69) is 6.92 Å². The normalized spacial score (nSPS) is 15.9. The highest BCUT2D eigenvalue weighted by molar-refractivity contribution is 7.90. The number of fused-ring (bicyclic) bond motifs is 1. The lowest BCUT2D eigenvalue weighted by Gasteiger charge is -2.12. The largest absolute Gasteiger partial charge is 0.276 e. The molecule has 0 radical (unpaired) electrons. The summed E-state index contributed by atoms with van der Waals surface area (Å²) in [5, 5.41) is 0.